The highest BCUT2D eigenvalue weighted by atomic mass is 32.2. The number of rotatable bonds is 5. The molecule has 0 aliphatic carbocycles. The Balaban J connectivity index is 1.37. The zero-order valence-electron chi connectivity index (χ0n) is 14.9. The summed E-state index contributed by atoms with van der Waals surface area (Å²) >= 11 is 0. The topological polar surface area (TPSA) is 73.8 Å². The number of nitrogens with one attached hydrogen (secondary N) is 2. The highest BCUT2D eigenvalue weighted by Crippen LogP contribution is 2.18. The van der Waals surface area contributed by atoms with E-state index in [1.165, 1.54) is 11.1 Å². The van der Waals surface area contributed by atoms with Crippen LogP contribution in [0.15, 0.2) is 29.3 Å². The summed E-state index contributed by atoms with van der Waals surface area (Å²) in [6, 6.07) is 8.67. The zero-order valence-corrected chi connectivity index (χ0v) is 15.7. The highest BCUT2D eigenvalue weighted by Gasteiger charge is 2.28. The molecule has 2 N–H and O–H groups in total. The van der Waals surface area contributed by atoms with Crippen LogP contribution in [-0.2, 0) is 22.8 Å². The maximum atomic E-state index is 11.5. The Hall–Kier alpha value is -1.60. The molecule has 0 amide bonds. The number of benzene rings is 1. The number of hydrogen-bond acceptors (Lipinski definition) is 4. The van der Waals surface area contributed by atoms with E-state index in [1.54, 1.807) is 7.05 Å². The van der Waals surface area contributed by atoms with Gasteiger partial charge in [-0.05, 0) is 30.4 Å². The molecule has 1 atom stereocenters. The lowest BCUT2D eigenvalue weighted by atomic mass is 10.00. The summed E-state index contributed by atoms with van der Waals surface area (Å²) in [6.07, 6.45) is 2.82. The number of nitrogens with zero attached hydrogens (tertiary/aromatic N) is 2. The fourth-order valence-electron chi connectivity index (χ4n) is 3.55. The molecule has 1 saturated heterocycles. The van der Waals surface area contributed by atoms with Crippen molar-refractivity contribution in [3.05, 3.63) is 35.4 Å². The molecular formula is C18H28N4O2S. The monoisotopic (exact) mass is 364 g/mol. The van der Waals surface area contributed by atoms with Gasteiger partial charge in [-0.1, -0.05) is 24.3 Å². The molecule has 1 aromatic rings. The molecule has 2 aliphatic rings. The summed E-state index contributed by atoms with van der Waals surface area (Å²) in [6.45, 7) is 4.03. The summed E-state index contributed by atoms with van der Waals surface area (Å²) in [5.74, 6) is 1.19. The zero-order chi connectivity index (χ0) is 17.7. The van der Waals surface area contributed by atoms with Gasteiger partial charge in [-0.25, -0.2) is 8.42 Å². The number of fused-ring (bicyclic) bond motifs is 1. The summed E-state index contributed by atoms with van der Waals surface area (Å²) in [5.41, 5.74) is 2.93. The van der Waals surface area contributed by atoms with Crippen molar-refractivity contribution in [1.82, 2.24) is 15.5 Å². The predicted octanol–water partition coefficient (Wildman–Crippen LogP) is 0.787. The van der Waals surface area contributed by atoms with Crippen LogP contribution in [0, 0.1) is 0 Å². The predicted molar refractivity (Wildman–Crippen MR) is 102 cm³/mol. The Morgan fingerprint density at radius 3 is 2.84 bits per heavy atom. The first-order valence-corrected chi connectivity index (χ1v) is 10.8. The lowest BCUT2D eigenvalue weighted by Crippen LogP contribution is -2.44. The molecule has 1 fully saturated rings. The van der Waals surface area contributed by atoms with Gasteiger partial charge in [0.15, 0.2) is 15.8 Å². The van der Waals surface area contributed by atoms with Crippen molar-refractivity contribution in [1.29, 1.82) is 0 Å². The smallest absolute Gasteiger partial charge is 0.191 e. The molecule has 0 bridgehead atoms. The quantitative estimate of drug-likeness (QED) is 0.459. The Kier molecular flexibility index (Phi) is 5.96. The second-order valence-corrected chi connectivity index (χ2v) is 9.12. The molecule has 138 valence electrons. The normalized spacial score (nSPS) is 23.2. The van der Waals surface area contributed by atoms with Crippen LogP contribution in [0.5, 0.6) is 0 Å². The molecule has 0 radical (unpaired) electrons. The molecule has 1 aromatic carbocycles. The van der Waals surface area contributed by atoms with Crippen molar-refractivity contribution >= 4 is 15.8 Å². The molecule has 25 heavy (non-hydrogen) atoms. The Morgan fingerprint density at radius 1 is 1.32 bits per heavy atom. The average molecular weight is 365 g/mol. The van der Waals surface area contributed by atoms with Crippen molar-refractivity contribution in [3.8, 4) is 0 Å². The maximum absolute atomic E-state index is 11.5. The summed E-state index contributed by atoms with van der Waals surface area (Å²) < 4.78 is 23.1. The standard InChI is InChI=1S/C18H28N4O2S/c1-19-18(21-17-8-12-25(23,24)14-17)20-9-4-10-22-11-7-15-5-2-3-6-16(15)13-22/h2-3,5-6,17H,4,7-14H2,1H3,(H2,19,20,21). The van der Waals surface area contributed by atoms with E-state index >= 15 is 0 Å². The second-order valence-electron chi connectivity index (χ2n) is 6.89. The van der Waals surface area contributed by atoms with Gasteiger partial charge in [0, 0.05) is 39.3 Å². The third-order valence-corrected chi connectivity index (χ3v) is 6.72. The molecule has 6 nitrogen and oxygen atoms in total. The van der Waals surface area contributed by atoms with Gasteiger partial charge in [0.25, 0.3) is 0 Å². The lowest BCUT2D eigenvalue weighted by Gasteiger charge is -2.28. The Bertz CT molecular complexity index is 718. The first kappa shape index (κ1) is 18.2. The van der Waals surface area contributed by atoms with Crippen LogP contribution in [0.2, 0.25) is 0 Å². The van der Waals surface area contributed by atoms with E-state index in [0.29, 0.717) is 12.4 Å². The molecule has 2 aliphatic heterocycles. The fourth-order valence-corrected chi connectivity index (χ4v) is 5.22. The maximum Gasteiger partial charge on any atom is 0.191 e. The van der Waals surface area contributed by atoms with Crippen LogP contribution in [-0.4, -0.2) is 63.5 Å². The van der Waals surface area contributed by atoms with Gasteiger partial charge in [-0.2, -0.15) is 0 Å². The van der Waals surface area contributed by atoms with E-state index < -0.39 is 9.84 Å². The molecule has 3 rings (SSSR count). The fraction of sp³-hybridized carbons (Fsp3) is 0.611. The lowest BCUT2D eigenvalue weighted by molar-refractivity contribution is 0.251. The minimum atomic E-state index is -2.87. The van der Waals surface area contributed by atoms with Gasteiger partial charge in [-0.15, -0.1) is 0 Å². The van der Waals surface area contributed by atoms with Crippen LogP contribution in [0.3, 0.4) is 0 Å². The van der Waals surface area contributed by atoms with Crippen LogP contribution in [0.1, 0.15) is 24.0 Å². The van der Waals surface area contributed by atoms with E-state index in [0.717, 1.165) is 39.0 Å². The molecule has 1 unspecified atom stereocenters. The highest BCUT2D eigenvalue weighted by molar-refractivity contribution is 7.91. The Morgan fingerprint density at radius 2 is 2.12 bits per heavy atom. The van der Waals surface area contributed by atoms with Gasteiger partial charge in [0.1, 0.15) is 0 Å². The third kappa shape index (κ3) is 5.19. The number of hydrogen-bond donors (Lipinski definition) is 2. The van der Waals surface area contributed by atoms with Gasteiger partial charge in [0.05, 0.1) is 11.5 Å². The van der Waals surface area contributed by atoms with Crippen LogP contribution < -0.4 is 10.6 Å². The molecule has 0 saturated carbocycles. The molecule has 7 heteroatoms. The molecule has 2 heterocycles. The molecule has 0 spiro atoms. The SMILES string of the molecule is CN=C(NCCCN1CCc2ccccc2C1)NC1CCS(=O)(=O)C1. The van der Waals surface area contributed by atoms with E-state index in [2.05, 4.69) is 44.8 Å². The average Bonchev–Trinajstić information content (AvgIpc) is 2.96. The number of guanidine groups is 1. The van der Waals surface area contributed by atoms with Crippen LogP contribution >= 0.6 is 0 Å². The largest absolute Gasteiger partial charge is 0.356 e. The number of aliphatic imine (C=N–C) groups is 1. The third-order valence-electron chi connectivity index (χ3n) is 4.95. The minimum Gasteiger partial charge on any atom is -0.356 e. The molecular weight excluding hydrogens is 336 g/mol. The van der Waals surface area contributed by atoms with Gasteiger partial charge < -0.3 is 10.6 Å². The van der Waals surface area contributed by atoms with Crippen LogP contribution in [0.4, 0.5) is 0 Å². The van der Waals surface area contributed by atoms with E-state index in [9.17, 15) is 8.42 Å². The van der Waals surface area contributed by atoms with E-state index in [-0.39, 0.29) is 17.5 Å². The van der Waals surface area contributed by atoms with E-state index in [4.69, 9.17) is 0 Å². The van der Waals surface area contributed by atoms with Crippen molar-refractivity contribution in [2.75, 3.05) is 38.2 Å². The number of sulfone groups is 1. The minimum absolute atomic E-state index is 0.0187. The first-order chi connectivity index (χ1) is 12.1. The van der Waals surface area contributed by atoms with Crippen LogP contribution in [0.25, 0.3) is 0 Å². The van der Waals surface area contributed by atoms with Crippen molar-refractivity contribution in [3.63, 3.8) is 0 Å². The summed E-state index contributed by atoms with van der Waals surface area (Å²) in [4.78, 5) is 6.69. The summed E-state index contributed by atoms with van der Waals surface area (Å²) in [5, 5.41) is 6.52. The van der Waals surface area contributed by atoms with E-state index in [1.807, 2.05) is 0 Å². The van der Waals surface area contributed by atoms with Gasteiger partial charge in [-0.3, -0.25) is 9.89 Å². The van der Waals surface area contributed by atoms with Crippen molar-refractivity contribution in [2.24, 2.45) is 4.99 Å². The second kappa shape index (κ2) is 8.19. The Labute approximate surface area is 150 Å². The van der Waals surface area contributed by atoms with Gasteiger partial charge in [0.2, 0.25) is 0 Å². The molecule has 0 aromatic heterocycles. The van der Waals surface area contributed by atoms with Crippen molar-refractivity contribution in [2.45, 2.75) is 31.8 Å². The summed E-state index contributed by atoms with van der Waals surface area (Å²) in [7, 11) is -1.14. The van der Waals surface area contributed by atoms with Crippen molar-refractivity contribution < 1.29 is 8.42 Å². The van der Waals surface area contributed by atoms with Gasteiger partial charge >= 0.3 is 0 Å². The first-order valence-electron chi connectivity index (χ1n) is 9.02.